The van der Waals surface area contributed by atoms with Crippen molar-refractivity contribution < 1.29 is 4.79 Å². The summed E-state index contributed by atoms with van der Waals surface area (Å²) in [6, 6.07) is 2.51. The number of anilines is 2. The number of carbonyl (C=O) groups is 1. The van der Waals surface area contributed by atoms with Crippen LogP contribution in [0.3, 0.4) is 0 Å². The predicted octanol–water partition coefficient (Wildman–Crippen LogP) is 2.61. The van der Waals surface area contributed by atoms with Gasteiger partial charge in [0, 0.05) is 13.0 Å². The molecule has 1 aromatic heterocycles. The zero-order valence-corrected chi connectivity index (χ0v) is 10.7. The van der Waals surface area contributed by atoms with Crippen LogP contribution in [0, 0.1) is 17.2 Å². The maximum absolute atomic E-state index is 11.4. The van der Waals surface area contributed by atoms with Crippen LogP contribution in [-0.2, 0) is 0 Å². The molecule has 3 N–H and O–H groups in total. The summed E-state index contributed by atoms with van der Waals surface area (Å²) in [5.74, 6) is 0.602. The number of nitrogens with one attached hydrogen (secondary N) is 1. The van der Waals surface area contributed by atoms with Crippen molar-refractivity contribution in [3.8, 4) is 6.07 Å². The Morgan fingerprint density at radius 3 is 2.88 bits per heavy atom. The first kappa shape index (κ1) is 11.9. The number of carbonyl (C=O) groups excluding carboxylic acids is 1. The number of ketones is 1. The molecule has 1 aliphatic rings. The number of hydrogen-bond donors (Lipinski definition) is 2. The van der Waals surface area contributed by atoms with Crippen LogP contribution in [0.5, 0.6) is 0 Å². The van der Waals surface area contributed by atoms with Gasteiger partial charge in [-0.05, 0) is 12.3 Å². The van der Waals surface area contributed by atoms with Crippen molar-refractivity contribution in [3.63, 3.8) is 0 Å². The molecule has 2 unspecified atom stereocenters. The van der Waals surface area contributed by atoms with Crippen molar-refractivity contribution >= 4 is 27.8 Å². The normalized spacial score (nSPS) is 21.9. The summed E-state index contributed by atoms with van der Waals surface area (Å²) in [7, 11) is 0. The smallest absolute Gasteiger partial charge is 0.171 e. The van der Waals surface area contributed by atoms with E-state index in [-0.39, 0.29) is 5.78 Å². The Balaban J connectivity index is 2.25. The number of thiophene rings is 1. The molecule has 4 nitrogen and oxygen atoms in total. The van der Waals surface area contributed by atoms with E-state index in [4.69, 9.17) is 11.0 Å². The molecule has 0 aliphatic heterocycles. The first-order chi connectivity index (χ1) is 8.08. The molecule has 0 saturated heterocycles. The Morgan fingerprint density at radius 2 is 2.41 bits per heavy atom. The topological polar surface area (TPSA) is 78.9 Å². The predicted molar refractivity (Wildman–Crippen MR) is 69.3 cm³/mol. The third kappa shape index (κ3) is 2.13. The number of rotatable bonds is 4. The van der Waals surface area contributed by atoms with Gasteiger partial charge in [0.05, 0.1) is 10.6 Å². The van der Waals surface area contributed by atoms with Gasteiger partial charge in [0.1, 0.15) is 16.6 Å². The van der Waals surface area contributed by atoms with Crippen LogP contribution in [0.1, 0.15) is 41.9 Å². The van der Waals surface area contributed by atoms with Gasteiger partial charge in [0.2, 0.25) is 0 Å². The van der Waals surface area contributed by atoms with E-state index < -0.39 is 0 Å². The fraction of sp³-hybridized carbons (Fsp3) is 0.500. The highest BCUT2D eigenvalue weighted by Crippen LogP contribution is 2.41. The van der Waals surface area contributed by atoms with Crippen LogP contribution in [0.15, 0.2) is 0 Å². The van der Waals surface area contributed by atoms with Crippen LogP contribution in [0.4, 0.5) is 10.7 Å². The average molecular weight is 249 g/mol. The second-order valence-electron chi connectivity index (χ2n) is 4.37. The third-order valence-electron chi connectivity index (χ3n) is 3.14. The molecule has 17 heavy (non-hydrogen) atoms. The molecule has 0 aromatic carbocycles. The van der Waals surface area contributed by atoms with Crippen molar-refractivity contribution in [2.24, 2.45) is 5.92 Å². The minimum Gasteiger partial charge on any atom is -0.396 e. The van der Waals surface area contributed by atoms with Gasteiger partial charge in [-0.3, -0.25) is 4.79 Å². The summed E-state index contributed by atoms with van der Waals surface area (Å²) < 4.78 is 0. The summed E-state index contributed by atoms with van der Waals surface area (Å²) in [6.07, 6.45) is 2.27. The molecular formula is C12H15N3OS. The lowest BCUT2D eigenvalue weighted by molar-refractivity contribution is 0.102. The van der Waals surface area contributed by atoms with E-state index in [2.05, 4.69) is 18.3 Å². The van der Waals surface area contributed by atoms with Gasteiger partial charge in [-0.25, -0.2) is 0 Å². The highest BCUT2D eigenvalue weighted by molar-refractivity contribution is 7.19. The Hall–Kier alpha value is -1.54. The molecule has 2 rings (SSSR count). The maximum atomic E-state index is 11.4. The monoisotopic (exact) mass is 249 g/mol. The van der Waals surface area contributed by atoms with Crippen molar-refractivity contribution in [2.75, 3.05) is 11.1 Å². The van der Waals surface area contributed by atoms with E-state index >= 15 is 0 Å². The van der Waals surface area contributed by atoms with Crippen molar-refractivity contribution in [1.29, 1.82) is 5.26 Å². The van der Waals surface area contributed by atoms with E-state index in [1.54, 1.807) is 0 Å². The molecule has 2 atom stereocenters. The zero-order chi connectivity index (χ0) is 12.6. The molecule has 0 spiro atoms. The Bertz CT molecular complexity index is 501. The number of nitrogen functional groups attached to an aromatic ring is 1. The molecule has 1 fully saturated rings. The lowest BCUT2D eigenvalue weighted by atomic mass is 10.2. The average Bonchev–Trinajstić information content (AvgIpc) is 2.95. The molecule has 0 amide bonds. The van der Waals surface area contributed by atoms with Gasteiger partial charge in [-0.2, -0.15) is 5.26 Å². The highest BCUT2D eigenvalue weighted by atomic mass is 32.1. The Labute approximate surface area is 104 Å². The largest absolute Gasteiger partial charge is 0.396 e. The third-order valence-corrected chi connectivity index (χ3v) is 4.38. The van der Waals surface area contributed by atoms with Crippen LogP contribution >= 0.6 is 11.3 Å². The second-order valence-corrected chi connectivity index (χ2v) is 5.39. The quantitative estimate of drug-likeness (QED) is 0.804. The van der Waals surface area contributed by atoms with E-state index in [0.29, 0.717) is 28.1 Å². The summed E-state index contributed by atoms with van der Waals surface area (Å²) >= 11 is 1.29. The molecule has 90 valence electrons. The summed E-state index contributed by atoms with van der Waals surface area (Å²) in [5, 5.41) is 13.1. The Morgan fingerprint density at radius 1 is 1.71 bits per heavy atom. The first-order valence-electron chi connectivity index (χ1n) is 5.68. The van der Waals surface area contributed by atoms with Crippen LogP contribution < -0.4 is 11.1 Å². The molecule has 0 bridgehead atoms. The van der Waals surface area contributed by atoms with Gasteiger partial charge < -0.3 is 11.1 Å². The zero-order valence-electron chi connectivity index (χ0n) is 9.91. The van der Waals surface area contributed by atoms with E-state index in [1.165, 1.54) is 18.3 Å². The van der Waals surface area contributed by atoms with Crippen LogP contribution in [0.25, 0.3) is 0 Å². The number of nitrogens with zero attached hydrogens (tertiary/aromatic N) is 1. The fourth-order valence-corrected chi connectivity index (χ4v) is 2.99. The lowest BCUT2D eigenvalue weighted by Crippen LogP contribution is -2.04. The van der Waals surface area contributed by atoms with E-state index in [0.717, 1.165) is 17.8 Å². The van der Waals surface area contributed by atoms with Crippen LogP contribution in [-0.4, -0.2) is 11.8 Å². The first-order valence-corrected chi connectivity index (χ1v) is 6.50. The van der Waals surface area contributed by atoms with Gasteiger partial charge in [-0.15, -0.1) is 11.3 Å². The van der Waals surface area contributed by atoms with Gasteiger partial charge in [0.25, 0.3) is 0 Å². The molecule has 1 saturated carbocycles. The van der Waals surface area contributed by atoms with Crippen molar-refractivity contribution in [3.05, 3.63) is 10.4 Å². The van der Waals surface area contributed by atoms with E-state index in [9.17, 15) is 4.79 Å². The molecule has 5 heteroatoms. The summed E-state index contributed by atoms with van der Waals surface area (Å²) in [6.45, 7) is 3.63. The standard InChI is InChI=1S/C12H15N3OS/c1-3-7-4-9(7)15-12-8(5-13)10(14)11(17-12)6(2)16/h7,9,15H,3-4,14H2,1-2H3. The fourth-order valence-electron chi connectivity index (χ4n) is 1.96. The van der Waals surface area contributed by atoms with Crippen LogP contribution in [0.2, 0.25) is 0 Å². The number of nitriles is 1. The molecule has 1 aliphatic carbocycles. The molecule has 1 aromatic rings. The summed E-state index contributed by atoms with van der Waals surface area (Å²) in [4.78, 5) is 11.8. The lowest BCUT2D eigenvalue weighted by Gasteiger charge is -2.02. The number of Topliss-reactive ketones (excluding diaryl/α,β-unsaturated/α-hetero) is 1. The van der Waals surface area contributed by atoms with E-state index in [1.807, 2.05) is 0 Å². The summed E-state index contributed by atoms with van der Waals surface area (Å²) in [5.41, 5.74) is 6.54. The molecule has 1 heterocycles. The van der Waals surface area contributed by atoms with Gasteiger partial charge >= 0.3 is 0 Å². The highest BCUT2D eigenvalue weighted by Gasteiger charge is 2.36. The molecule has 0 radical (unpaired) electrons. The Kier molecular flexibility index (Phi) is 3.07. The minimum absolute atomic E-state index is 0.0834. The number of nitrogens with two attached hydrogens (primary N) is 1. The minimum atomic E-state index is -0.0834. The maximum Gasteiger partial charge on any atom is 0.171 e. The molecular weight excluding hydrogens is 234 g/mol. The van der Waals surface area contributed by atoms with Crippen molar-refractivity contribution in [2.45, 2.75) is 32.7 Å². The van der Waals surface area contributed by atoms with Gasteiger partial charge in [-0.1, -0.05) is 13.3 Å². The number of hydrogen-bond acceptors (Lipinski definition) is 5. The second kappa shape index (κ2) is 4.38. The van der Waals surface area contributed by atoms with Crippen molar-refractivity contribution in [1.82, 2.24) is 0 Å². The SMILES string of the molecule is CCC1CC1Nc1sc(C(C)=O)c(N)c1C#N. The van der Waals surface area contributed by atoms with Gasteiger partial charge in [0.15, 0.2) is 5.78 Å².